The van der Waals surface area contributed by atoms with Crippen LogP contribution in [-0.4, -0.2) is 38.1 Å². The van der Waals surface area contributed by atoms with Gasteiger partial charge in [0.05, 0.1) is 5.56 Å². The van der Waals surface area contributed by atoms with Crippen LogP contribution in [-0.2, 0) is 0 Å². The van der Waals surface area contributed by atoms with Crippen molar-refractivity contribution in [3.05, 3.63) is 48.2 Å². The van der Waals surface area contributed by atoms with Gasteiger partial charge in [-0.25, -0.2) is 4.98 Å². The van der Waals surface area contributed by atoms with Gasteiger partial charge >= 0.3 is 0 Å². The second-order valence-electron chi connectivity index (χ2n) is 6.67. The Kier molecular flexibility index (Phi) is 5.53. The molecule has 25 heavy (non-hydrogen) atoms. The number of carbonyl (C=O) groups excluding carboxylic acids is 1. The van der Waals surface area contributed by atoms with Crippen molar-refractivity contribution in [2.45, 2.75) is 25.7 Å². The van der Waals surface area contributed by atoms with Crippen LogP contribution in [0.3, 0.4) is 0 Å². The molecule has 132 valence electrons. The summed E-state index contributed by atoms with van der Waals surface area (Å²) in [5, 5.41) is 3.00. The lowest BCUT2D eigenvalue weighted by Crippen LogP contribution is -2.28. The summed E-state index contributed by atoms with van der Waals surface area (Å²) >= 11 is 0. The standard InChI is InChI=1S/C20H26N4O/c1-23(2)17-11-9-16(10-12-17)22-20(25)18-8-7-13-21-19(18)24-14-5-3-4-6-15-24/h7-13H,3-6,14-15H2,1-2H3,(H,22,25). The molecule has 0 spiro atoms. The molecule has 0 radical (unpaired) electrons. The van der Waals surface area contributed by atoms with Crippen molar-refractivity contribution in [2.24, 2.45) is 0 Å². The SMILES string of the molecule is CN(C)c1ccc(NC(=O)c2cccnc2N2CCCCCC2)cc1. The van der Waals surface area contributed by atoms with E-state index in [4.69, 9.17) is 0 Å². The average molecular weight is 338 g/mol. The fraction of sp³-hybridized carbons (Fsp3) is 0.400. The average Bonchev–Trinajstić information content (AvgIpc) is 2.91. The molecular formula is C20H26N4O. The topological polar surface area (TPSA) is 48.5 Å². The Morgan fingerprint density at radius 3 is 2.36 bits per heavy atom. The zero-order valence-electron chi connectivity index (χ0n) is 15.0. The zero-order chi connectivity index (χ0) is 17.6. The highest BCUT2D eigenvalue weighted by molar-refractivity contribution is 6.07. The Balaban J connectivity index is 1.77. The Bertz CT molecular complexity index is 704. The Labute approximate surface area is 149 Å². The molecule has 1 aliphatic heterocycles. The van der Waals surface area contributed by atoms with Gasteiger partial charge in [0.2, 0.25) is 0 Å². The monoisotopic (exact) mass is 338 g/mol. The summed E-state index contributed by atoms with van der Waals surface area (Å²) < 4.78 is 0. The van der Waals surface area contributed by atoms with Gasteiger partial charge in [0.1, 0.15) is 5.82 Å². The molecule has 1 aromatic carbocycles. The van der Waals surface area contributed by atoms with E-state index in [0.29, 0.717) is 5.56 Å². The highest BCUT2D eigenvalue weighted by Crippen LogP contribution is 2.23. The first-order valence-electron chi connectivity index (χ1n) is 8.94. The van der Waals surface area contributed by atoms with Crippen molar-refractivity contribution in [3.63, 3.8) is 0 Å². The zero-order valence-corrected chi connectivity index (χ0v) is 15.0. The molecular weight excluding hydrogens is 312 g/mol. The largest absolute Gasteiger partial charge is 0.378 e. The minimum atomic E-state index is -0.107. The van der Waals surface area contributed by atoms with Crippen LogP contribution in [0.15, 0.2) is 42.6 Å². The van der Waals surface area contributed by atoms with Gasteiger partial charge in [0, 0.05) is 44.8 Å². The summed E-state index contributed by atoms with van der Waals surface area (Å²) in [5.41, 5.74) is 2.53. The number of rotatable bonds is 4. The van der Waals surface area contributed by atoms with Crippen molar-refractivity contribution in [1.82, 2.24) is 4.98 Å². The summed E-state index contributed by atoms with van der Waals surface area (Å²) in [6.45, 7) is 1.93. The molecule has 0 atom stereocenters. The summed E-state index contributed by atoms with van der Waals surface area (Å²) in [6.07, 6.45) is 6.59. The molecule has 3 rings (SSSR count). The van der Waals surface area contributed by atoms with Gasteiger partial charge in [-0.15, -0.1) is 0 Å². The predicted molar refractivity (Wildman–Crippen MR) is 104 cm³/mol. The molecule has 1 aromatic heterocycles. The Morgan fingerprint density at radius 2 is 1.72 bits per heavy atom. The molecule has 2 aromatic rings. The van der Waals surface area contributed by atoms with E-state index in [0.717, 1.165) is 43.1 Å². The van der Waals surface area contributed by atoms with Crippen molar-refractivity contribution in [2.75, 3.05) is 42.3 Å². The molecule has 0 saturated carbocycles. The second-order valence-corrected chi connectivity index (χ2v) is 6.67. The van der Waals surface area contributed by atoms with Gasteiger partial charge in [-0.1, -0.05) is 12.8 Å². The number of pyridine rings is 1. The van der Waals surface area contributed by atoms with Crippen LogP contribution in [0.1, 0.15) is 36.0 Å². The van der Waals surface area contributed by atoms with Crippen LogP contribution in [0, 0.1) is 0 Å². The molecule has 0 aliphatic carbocycles. The maximum Gasteiger partial charge on any atom is 0.259 e. The molecule has 1 N–H and O–H groups in total. The van der Waals surface area contributed by atoms with E-state index in [1.165, 1.54) is 12.8 Å². The number of anilines is 3. The molecule has 5 nitrogen and oxygen atoms in total. The van der Waals surface area contributed by atoms with Crippen molar-refractivity contribution in [3.8, 4) is 0 Å². The lowest BCUT2D eigenvalue weighted by Gasteiger charge is -2.23. The first-order chi connectivity index (χ1) is 12.1. The molecule has 5 heteroatoms. The third-order valence-corrected chi connectivity index (χ3v) is 4.58. The number of amides is 1. The van der Waals surface area contributed by atoms with Crippen LogP contribution < -0.4 is 15.1 Å². The normalized spacial score (nSPS) is 14.7. The Morgan fingerprint density at radius 1 is 1.04 bits per heavy atom. The number of carbonyl (C=O) groups is 1. The molecule has 1 saturated heterocycles. The highest BCUT2D eigenvalue weighted by Gasteiger charge is 2.19. The summed E-state index contributed by atoms with van der Waals surface area (Å²) in [5.74, 6) is 0.691. The van der Waals surface area contributed by atoms with Gasteiger partial charge in [-0.2, -0.15) is 0 Å². The first-order valence-corrected chi connectivity index (χ1v) is 8.94. The van der Waals surface area contributed by atoms with Crippen LogP contribution >= 0.6 is 0 Å². The molecule has 1 aliphatic rings. The second kappa shape index (κ2) is 8.01. The molecule has 1 amide bonds. The molecule has 1 fully saturated rings. The van der Waals surface area contributed by atoms with Crippen LogP contribution in [0.25, 0.3) is 0 Å². The number of hydrogen-bond donors (Lipinski definition) is 1. The van der Waals surface area contributed by atoms with E-state index in [2.05, 4.69) is 15.2 Å². The number of nitrogens with one attached hydrogen (secondary N) is 1. The van der Waals surface area contributed by atoms with Gasteiger partial charge < -0.3 is 15.1 Å². The highest BCUT2D eigenvalue weighted by atomic mass is 16.1. The van der Waals surface area contributed by atoms with Gasteiger partial charge in [-0.3, -0.25) is 4.79 Å². The Hall–Kier alpha value is -2.56. The number of nitrogens with zero attached hydrogens (tertiary/aromatic N) is 3. The van der Waals surface area contributed by atoms with Crippen LogP contribution in [0.4, 0.5) is 17.2 Å². The lowest BCUT2D eigenvalue weighted by molar-refractivity contribution is 0.102. The molecule has 0 unspecified atom stereocenters. The van der Waals surface area contributed by atoms with Gasteiger partial charge in [0.15, 0.2) is 0 Å². The van der Waals surface area contributed by atoms with Crippen molar-refractivity contribution in [1.29, 1.82) is 0 Å². The quantitative estimate of drug-likeness (QED) is 0.922. The van der Waals surface area contributed by atoms with Crippen molar-refractivity contribution >= 4 is 23.1 Å². The third-order valence-electron chi connectivity index (χ3n) is 4.58. The fourth-order valence-corrected chi connectivity index (χ4v) is 3.15. The summed E-state index contributed by atoms with van der Waals surface area (Å²) in [4.78, 5) is 21.6. The van der Waals surface area contributed by atoms with Crippen LogP contribution in [0.2, 0.25) is 0 Å². The lowest BCUT2D eigenvalue weighted by atomic mass is 10.2. The molecule has 0 bridgehead atoms. The first kappa shape index (κ1) is 17.3. The van der Waals surface area contributed by atoms with E-state index in [1.54, 1.807) is 6.20 Å². The third kappa shape index (κ3) is 4.29. The van der Waals surface area contributed by atoms with E-state index in [-0.39, 0.29) is 5.91 Å². The maximum absolute atomic E-state index is 12.8. The van der Waals surface area contributed by atoms with E-state index >= 15 is 0 Å². The van der Waals surface area contributed by atoms with E-state index < -0.39 is 0 Å². The predicted octanol–water partition coefficient (Wildman–Crippen LogP) is 3.78. The number of aromatic nitrogens is 1. The van der Waals surface area contributed by atoms with Gasteiger partial charge in [0.25, 0.3) is 5.91 Å². The number of benzene rings is 1. The van der Waals surface area contributed by atoms with Gasteiger partial charge in [-0.05, 0) is 49.2 Å². The summed E-state index contributed by atoms with van der Waals surface area (Å²) in [7, 11) is 3.99. The maximum atomic E-state index is 12.8. The number of hydrogen-bond acceptors (Lipinski definition) is 4. The fourth-order valence-electron chi connectivity index (χ4n) is 3.15. The van der Waals surface area contributed by atoms with E-state index in [9.17, 15) is 4.79 Å². The van der Waals surface area contributed by atoms with Crippen LogP contribution in [0.5, 0.6) is 0 Å². The minimum Gasteiger partial charge on any atom is -0.378 e. The summed E-state index contributed by atoms with van der Waals surface area (Å²) in [6, 6.07) is 11.5. The minimum absolute atomic E-state index is 0.107. The smallest absolute Gasteiger partial charge is 0.259 e. The van der Waals surface area contributed by atoms with Crippen molar-refractivity contribution < 1.29 is 4.79 Å². The van der Waals surface area contributed by atoms with E-state index in [1.807, 2.05) is 55.4 Å². The molecule has 2 heterocycles.